The fourth-order valence-electron chi connectivity index (χ4n) is 14.4. The van der Waals surface area contributed by atoms with Crippen molar-refractivity contribution in [1.29, 1.82) is 0 Å². The van der Waals surface area contributed by atoms with Gasteiger partial charge in [0.25, 0.3) is 0 Å². The summed E-state index contributed by atoms with van der Waals surface area (Å²) in [5.74, 6) is 1.11. The van der Waals surface area contributed by atoms with Gasteiger partial charge in [-0.15, -0.1) is 0 Å². The number of benzene rings is 9. The molecule has 0 radical (unpaired) electrons. The van der Waals surface area contributed by atoms with E-state index in [1.54, 1.807) is 11.1 Å². The van der Waals surface area contributed by atoms with E-state index in [0.29, 0.717) is 17.8 Å². The minimum Gasteiger partial charge on any atom is -0.316 e. The topological polar surface area (TPSA) is 25.9 Å². The van der Waals surface area contributed by atoms with Gasteiger partial charge in [-0.05, 0) is 85.1 Å². The molecule has 2 N–H and O–H groups in total. The maximum atomic E-state index is 2.89. The van der Waals surface area contributed by atoms with Crippen molar-refractivity contribution >= 4 is 97.8 Å². The number of rotatable bonds is 1. The van der Waals surface area contributed by atoms with Crippen molar-refractivity contribution in [2.24, 2.45) is 11.8 Å². The van der Waals surface area contributed by atoms with E-state index in [4.69, 9.17) is 0 Å². The van der Waals surface area contributed by atoms with Crippen molar-refractivity contribution < 1.29 is 5.32 Å². The molecule has 3 heteroatoms. The lowest BCUT2D eigenvalue weighted by Gasteiger charge is -2.52. The molecule has 12 aromatic rings. The predicted molar refractivity (Wildman–Crippen MR) is 257 cm³/mol. The highest BCUT2D eigenvalue weighted by Gasteiger charge is 2.58. The van der Waals surface area contributed by atoms with Crippen LogP contribution in [0.5, 0.6) is 0 Å². The van der Waals surface area contributed by atoms with E-state index < -0.39 is 0 Å². The van der Waals surface area contributed by atoms with Crippen molar-refractivity contribution in [2.45, 2.75) is 43.8 Å². The summed E-state index contributed by atoms with van der Waals surface area (Å²) >= 11 is 0. The zero-order valence-corrected chi connectivity index (χ0v) is 34.7. The largest absolute Gasteiger partial charge is 0.316 e. The van der Waals surface area contributed by atoms with E-state index in [2.05, 4.69) is 192 Å². The van der Waals surface area contributed by atoms with E-state index in [9.17, 15) is 0 Å². The summed E-state index contributed by atoms with van der Waals surface area (Å²) in [6.07, 6.45) is 1.26. The number of para-hydroxylation sites is 2. The summed E-state index contributed by atoms with van der Waals surface area (Å²) in [7, 11) is 0. The summed E-state index contributed by atoms with van der Waals surface area (Å²) in [6.45, 7) is 5.06. The van der Waals surface area contributed by atoms with E-state index in [0.717, 1.165) is 6.42 Å². The molecule has 0 amide bonds. The van der Waals surface area contributed by atoms with Crippen LogP contribution < -0.4 is 5.32 Å². The Morgan fingerprint density at radius 3 is 2.05 bits per heavy atom. The summed E-state index contributed by atoms with van der Waals surface area (Å²) in [5.41, 5.74) is 15.7. The van der Waals surface area contributed by atoms with Crippen LogP contribution in [0.25, 0.3) is 97.8 Å². The fraction of sp³-hybridized carbons (Fsp3) is 0.153. The molecule has 5 atom stereocenters. The minimum absolute atomic E-state index is 0.101. The first kappa shape index (κ1) is 32.8. The van der Waals surface area contributed by atoms with Crippen LogP contribution in [0.3, 0.4) is 0 Å². The predicted octanol–water partition coefficient (Wildman–Crippen LogP) is 13.7. The third-order valence-electron chi connectivity index (χ3n) is 16.8. The number of hydrogen-bond donors (Lipinski definition) is 1. The molecule has 4 aliphatic rings. The molecule has 0 saturated heterocycles. The van der Waals surface area contributed by atoms with Crippen molar-refractivity contribution in [2.75, 3.05) is 0 Å². The maximum Gasteiger partial charge on any atom is 0.170 e. The fourth-order valence-corrected chi connectivity index (χ4v) is 14.4. The first-order valence-corrected chi connectivity index (χ1v) is 22.7. The smallest absolute Gasteiger partial charge is 0.170 e. The zero-order valence-electron chi connectivity index (χ0n) is 34.7. The Morgan fingerprint density at radius 2 is 1.18 bits per heavy atom. The van der Waals surface area contributed by atoms with Gasteiger partial charge in [-0.1, -0.05) is 159 Å². The standard InChI is InChI=1S/C59H41N3/c1-59(2)46-26-9-7-20-39(46)50-44-29-45-49(44)36-22-12-16-32-28-43-38-24-13-25-41-52-35-19-6-5-18-34(35)51-40-21-8-10-27-47(40)62(57(51)56(52)61(55(38)41)48(43)30-42(32)36)58(45)60-54(53(50)59)37-23-11-15-31-14-3-4-17-33(31)37/h3-28,30,44-45,49,54,58,60H,29H2,1-2H3/p+1. The lowest BCUT2D eigenvalue weighted by Crippen LogP contribution is -2.90. The summed E-state index contributed by atoms with van der Waals surface area (Å²) in [5, 5.41) is 19.2. The van der Waals surface area contributed by atoms with Crippen LogP contribution in [0.15, 0.2) is 169 Å². The van der Waals surface area contributed by atoms with Gasteiger partial charge in [-0.25, -0.2) is 0 Å². The average molecular weight is 793 g/mol. The highest BCUT2D eigenvalue weighted by molar-refractivity contribution is 6.38. The Bertz CT molecular complexity index is 4060. The van der Waals surface area contributed by atoms with Crippen LogP contribution in [0.4, 0.5) is 0 Å². The molecule has 2 aliphatic carbocycles. The van der Waals surface area contributed by atoms with Gasteiger partial charge in [-0.2, -0.15) is 0 Å². The van der Waals surface area contributed by atoms with Gasteiger partial charge in [-0.3, -0.25) is 4.57 Å². The van der Waals surface area contributed by atoms with Crippen molar-refractivity contribution in [3.8, 4) is 0 Å². The van der Waals surface area contributed by atoms with Crippen LogP contribution in [0.1, 0.15) is 60.6 Å². The maximum absolute atomic E-state index is 2.89. The average Bonchev–Trinajstić information content (AvgIpc) is 3.98. The number of quaternary nitrogens is 1. The Morgan fingerprint density at radius 1 is 0.516 bits per heavy atom. The van der Waals surface area contributed by atoms with Crippen LogP contribution in [0, 0.1) is 11.8 Å². The number of hydrogen-bond acceptors (Lipinski definition) is 0. The van der Waals surface area contributed by atoms with Gasteiger partial charge < -0.3 is 9.72 Å². The number of allylic oxidation sites excluding steroid dienone is 1. The lowest BCUT2D eigenvalue weighted by atomic mass is 9.55. The third-order valence-corrected chi connectivity index (χ3v) is 16.8. The van der Waals surface area contributed by atoms with Gasteiger partial charge in [0.1, 0.15) is 6.04 Å². The monoisotopic (exact) mass is 792 g/mol. The highest BCUT2D eigenvalue weighted by atomic mass is 15.2. The Hall–Kier alpha value is -6.94. The molecular weight excluding hydrogens is 751 g/mol. The van der Waals surface area contributed by atoms with Gasteiger partial charge in [0, 0.05) is 60.7 Å². The normalized spacial score (nSPS) is 22.5. The molecule has 3 nitrogen and oxygen atoms in total. The van der Waals surface area contributed by atoms with Crippen LogP contribution in [-0.4, -0.2) is 8.97 Å². The quantitative estimate of drug-likeness (QED) is 0.171. The first-order chi connectivity index (χ1) is 30.6. The van der Waals surface area contributed by atoms with E-state index in [1.807, 2.05) is 0 Å². The minimum atomic E-state index is -0.162. The molecule has 0 spiro atoms. The molecule has 5 unspecified atom stereocenters. The molecule has 5 heterocycles. The Labute approximate surface area is 357 Å². The molecule has 1 fully saturated rings. The number of nitrogens with zero attached hydrogens (tertiary/aromatic N) is 2. The van der Waals surface area contributed by atoms with Crippen LogP contribution >= 0.6 is 0 Å². The molecule has 62 heavy (non-hydrogen) atoms. The third kappa shape index (κ3) is 3.63. The van der Waals surface area contributed by atoms with Crippen molar-refractivity contribution in [1.82, 2.24) is 8.97 Å². The first-order valence-electron chi connectivity index (χ1n) is 22.7. The zero-order chi connectivity index (χ0) is 40.3. The van der Waals surface area contributed by atoms with E-state index in [1.165, 1.54) is 114 Å². The number of nitrogens with two attached hydrogens (primary N) is 1. The van der Waals surface area contributed by atoms with Gasteiger partial charge in [0.05, 0.1) is 27.6 Å². The molecule has 9 aromatic carbocycles. The molecule has 4 bridgehead atoms. The SMILES string of the molecule is CC1(C)C2=C(c3ccccc31)C1CC3C1c1cccc4cc5c6cccc7c8c9ccccc9c9c%10ccccc%10n(c9c8n(c5cc14)c67)C3[NH2+]C2c1cccc2ccccc12. The van der Waals surface area contributed by atoms with Crippen LogP contribution in [0.2, 0.25) is 0 Å². The molecule has 2 aliphatic heterocycles. The lowest BCUT2D eigenvalue weighted by molar-refractivity contribution is -0.750. The number of fused-ring (bicyclic) bond motifs is 16. The molecule has 292 valence electrons. The molecule has 16 rings (SSSR count). The second-order valence-corrected chi connectivity index (χ2v) is 19.6. The second kappa shape index (κ2) is 10.9. The van der Waals surface area contributed by atoms with E-state index >= 15 is 0 Å². The second-order valence-electron chi connectivity index (χ2n) is 19.6. The molecule has 3 aromatic heterocycles. The molecular formula is C59H42N3+. The van der Waals surface area contributed by atoms with Crippen LogP contribution in [-0.2, 0) is 5.41 Å². The van der Waals surface area contributed by atoms with Gasteiger partial charge >= 0.3 is 0 Å². The Kier molecular flexibility index (Phi) is 5.77. The highest BCUT2D eigenvalue weighted by Crippen LogP contribution is 2.65. The summed E-state index contributed by atoms with van der Waals surface area (Å²) in [4.78, 5) is 0. The molecule has 1 saturated carbocycles. The van der Waals surface area contributed by atoms with Gasteiger partial charge in [0.15, 0.2) is 6.17 Å². The Balaban J connectivity index is 1.16. The number of aromatic nitrogens is 2. The summed E-state index contributed by atoms with van der Waals surface area (Å²) < 4.78 is 5.59. The summed E-state index contributed by atoms with van der Waals surface area (Å²) in [6, 6.07) is 63.9. The van der Waals surface area contributed by atoms with E-state index in [-0.39, 0.29) is 17.6 Å². The van der Waals surface area contributed by atoms with Gasteiger partial charge in [0.2, 0.25) is 0 Å². The van der Waals surface area contributed by atoms with Crippen molar-refractivity contribution in [3.05, 3.63) is 192 Å². The van der Waals surface area contributed by atoms with Crippen molar-refractivity contribution in [3.63, 3.8) is 0 Å².